The summed E-state index contributed by atoms with van der Waals surface area (Å²) in [5.41, 5.74) is 0.598. The fourth-order valence-corrected chi connectivity index (χ4v) is 1.79. The molecule has 0 aliphatic heterocycles. The number of likely N-dealkylation sites (N-methyl/N-ethyl adjacent to an activating group) is 1. The number of aliphatic carboxylic acids is 1. The molecule has 0 radical (unpaired) electrons. The summed E-state index contributed by atoms with van der Waals surface area (Å²) < 4.78 is 0. The molecule has 0 saturated carbocycles. The highest BCUT2D eigenvalue weighted by atomic mass is 35.5. The number of nitrogens with one attached hydrogen (secondary N) is 1. The topological polar surface area (TPSA) is 69.6 Å². The Morgan fingerprint density at radius 2 is 2.17 bits per heavy atom. The second kappa shape index (κ2) is 6.26. The molecule has 0 aromatic heterocycles. The molecule has 1 rings (SSSR count). The first-order valence-corrected chi connectivity index (χ1v) is 5.79. The second-order valence-corrected chi connectivity index (χ2v) is 4.23. The predicted molar refractivity (Wildman–Crippen MR) is 70.0 cm³/mol. The number of hydrogen-bond acceptors (Lipinski definition) is 3. The average Bonchev–Trinajstić information content (AvgIpc) is 2.34. The van der Waals surface area contributed by atoms with Crippen molar-refractivity contribution in [2.45, 2.75) is 13.0 Å². The van der Waals surface area contributed by atoms with Crippen LogP contribution in [0.25, 0.3) is 0 Å². The minimum atomic E-state index is -1.01. The number of carboxylic acid groups (broad SMARTS) is 1. The van der Waals surface area contributed by atoms with Crippen molar-refractivity contribution in [1.29, 1.82) is 0 Å². The van der Waals surface area contributed by atoms with Gasteiger partial charge < -0.3 is 15.3 Å². The quantitative estimate of drug-likeness (QED) is 0.848. The predicted octanol–water partition coefficient (Wildman–Crippen LogP) is 1.37. The number of nitrogens with zero attached hydrogens (tertiary/aromatic N) is 1. The van der Waals surface area contributed by atoms with Gasteiger partial charge in [0, 0.05) is 17.8 Å². The van der Waals surface area contributed by atoms with E-state index in [0.717, 1.165) is 0 Å². The van der Waals surface area contributed by atoms with E-state index >= 15 is 0 Å². The summed E-state index contributed by atoms with van der Waals surface area (Å²) in [5, 5.41) is 11.9. The highest BCUT2D eigenvalue weighted by Crippen LogP contribution is 2.21. The number of carbonyl (C=O) groups is 2. The minimum Gasteiger partial charge on any atom is -0.480 e. The van der Waals surface area contributed by atoms with Crippen LogP contribution in [-0.4, -0.2) is 36.6 Å². The Hall–Kier alpha value is -1.75. The first-order chi connectivity index (χ1) is 8.45. The van der Waals surface area contributed by atoms with Crippen molar-refractivity contribution in [3.05, 3.63) is 29.3 Å². The Bertz CT molecular complexity index is 451. The molecule has 1 aromatic rings. The molecule has 0 bridgehead atoms. The maximum atomic E-state index is 11.6. The Morgan fingerprint density at radius 3 is 2.67 bits per heavy atom. The van der Waals surface area contributed by atoms with Crippen LogP contribution in [0.15, 0.2) is 24.3 Å². The highest BCUT2D eigenvalue weighted by Gasteiger charge is 2.22. The third kappa shape index (κ3) is 3.63. The number of anilines is 1. The minimum absolute atomic E-state index is 0.253. The van der Waals surface area contributed by atoms with Gasteiger partial charge in [0.1, 0.15) is 12.6 Å². The van der Waals surface area contributed by atoms with Crippen LogP contribution in [-0.2, 0) is 9.59 Å². The molecule has 0 aliphatic carbocycles. The summed E-state index contributed by atoms with van der Waals surface area (Å²) in [7, 11) is 1.51. The monoisotopic (exact) mass is 270 g/mol. The van der Waals surface area contributed by atoms with Crippen LogP contribution in [0.3, 0.4) is 0 Å². The number of amides is 1. The van der Waals surface area contributed by atoms with Crippen molar-refractivity contribution in [1.82, 2.24) is 5.32 Å². The Kier molecular flexibility index (Phi) is 4.97. The maximum Gasteiger partial charge on any atom is 0.323 e. The molecule has 0 aliphatic rings. The molecule has 18 heavy (non-hydrogen) atoms. The normalized spacial score (nSPS) is 11.7. The van der Waals surface area contributed by atoms with Crippen LogP contribution in [0.4, 0.5) is 5.69 Å². The summed E-state index contributed by atoms with van der Waals surface area (Å²) in [6.45, 7) is 1.37. The van der Waals surface area contributed by atoms with Gasteiger partial charge in [0.25, 0.3) is 0 Å². The lowest BCUT2D eigenvalue weighted by molar-refractivity contribution is -0.135. The molecule has 0 heterocycles. The first kappa shape index (κ1) is 14.3. The van der Waals surface area contributed by atoms with Gasteiger partial charge in [0.05, 0.1) is 0 Å². The van der Waals surface area contributed by atoms with Crippen molar-refractivity contribution in [2.24, 2.45) is 0 Å². The van der Waals surface area contributed by atoms with Crippen molar-refractivity contribution in [2.75, 3.05) is 18.5 Å². The van der Waals surface area contributed by atoms with E-state index in [2.05, 4.69) is 5.32 Å². The molecule has 1 unspecified atom stereocenters. The SMILES string of the molecule is CNC(=O)C(C)N(CC(=O)O)c1cccc(Cl)c1. The van der Waals surface area contributed by atoms with Gasteiger partial charge in [-0.15, -0.1) is 0 Å². The lowest BCUT2D eigenvalue weighted by Gasteiger charge is -2.28. The van der Waals surface area contributed by atoms with Gasteiger partial charge in [-0.05, 0) is 25.1 Å². The summed E-state index contributed by atoms with van der Waals surface area (Å²) in [4.78, 5) is 24.0. The van der Waals surface area contributed by atoms with Gasteiger partial charge in [0.2, 0.25) is 5.91 Å². The van der Waals surface area contributed by atoms with Crippen molar-refractivity contribution in [3.8, 4) is 0 Å². The average molecular weight is 271 g/mol. The lowest BCUT2D eigenvalue weighted by Crippen LogP contribution is -2.46. The second-order valence-electron chi connectivity index (χ2n) is 3.79. The summed E-state index contributed by atoms with van der Waals surface area (Å²) in [6, 6.07) is 6.15. The fraction of sp³-hybridized carbons (Fsp3) is 0.333. The first-order valence-electron chi connectivity index (χ1n) is 5.41. The van der Waals surface area contributed by atoms with E-state index in [9.17, 15) is 9.59 Å². The molecule has 2 N–H and O–H groups in total. The molecule has 5 nitrogen and oxygen atoms in total. The zero-order valence-electron chi connectivity index (χ0n) is 10.2. The lowest BCUT2D eigenvalue weighted by atomic mass is 10.2. The van der Waals surface area contributed by atoms with Crippen LogP contribution < -0.4 is 10.2 Å². The Balaban J connectivity index is 3.04. The molecule has 98 valence electrons. The number of benzene rings is 1. The Morgan fingerprint density at radius 1 is 1.50 bits per heavy atom. The standard InChI is InChI=1S/C12H15ClN2O3/c1-8(12(18)14-2)15(7-11(16)17)10-5-3-4-9(13)6-10/h3-6,8H,7H2,1-2H3,(H,14,18)(H,16,17). The number of carboxylic acids is 1. The molecule has 1 atom stereocenters. The number of rotatable bonds is 5. The third-order valence-corrected chi connectivity index (χ3v) is 2.77. The molecule has 0 fully saturated rings. The largest absolute Gasteiger partial charge is 0.480 e. The van der Waals surface area contributed by atoms with Crippen LogP contribution in [0.5, 0.6) is 0 Å². The molecule has 0 saturated heterocycles. The summed E-state index contributed by atoms with van der Waals surface area (Å²) >= 11 is 5.87. The number of carbonyl (C=O) groups excluding carboxylic acids is 1. The molecular weight excluding hydrogens is 256 g/mol. The van der Waals surface area contributed by atoms with E-state index in [1.54, 1.807) is 31.2 Å². The van der Waals surface area contributed by atoms with Gasteiger partial charge in [-0.3, -0.25) is 9.59 Å². The van der Waals surface area contributed by atoms with Crippen LogP contribution >= 0.6 is 11.6 Å². The van der Waals surface area contributed by atoms with Gasteiger partial charge in [-0.2, -0.15) is 0 Å². The van der Waals surface area contributed by atoms with Crippen LogP contribution in [0.2, 0.25) is 5.02 Å². The van der Waals surface area contributed by atoms with E-state index in [1.165, 1.54) is 11.9 Å². The maximum absolute atomic E-state index is 11.6. The zero-order valence-corrected chi connectivity index (χ0v) is 10.9. The zero-order chi connectivity index (χ0) is 13.7. The van der Waals surface area contributed by atoms with E-state index in [1.807, 2.05) is 0 Å². The van der Waals surface area contributed by atoms with Gasteiger partial charge in [-0.25, -0.2) is 0 Å². The van der Waals surface area contributed by atoms with Crippen LogP contribution in [0.1, 0.15) is 6.92 Å². The van der Waals surface area contributed by atoms with Crippen molar-refractivity contribution in [3.63, 3.8) is 0 Å². The van der Waals surface area contributed by atoms with E-state index in [-0.39, 0.29) is 12.5 Å². The molecule has 1 amide bonds. The van der Waals surface area contributed by atoms with E-state index in [4.69, 9.17) is 16.7 Å². The molecule has 0 spiro atoms. The molecule has 1 aromatic carbocycles. The van der Waals surface area contributed by atoms with Gasteiger partial charge >= 0.3 is 5.97 Å². The fourth-order valence-electron chi connectivity index (χ4n) is 1.60. The van der Waals surface area contributed by atoms with Gasteiger partial charge in [0.15, 0.2) is 0 Å². The number of halogens is 1. The summed E-state index contributed by atoms with van der Waals surface area (Å²) in [5.74, 6) is -1.26. The van der Waals surface area contributed by atoms with Crippen molar-refractivity contribution >= 4 is 29.2 Å². The summed E-state index contributed by atoms with van der Waals surface area (Å²) in [6.07, 6.45) is 0. The molecular formula is C12H15ClN2O3. The van der Waals surface area contributed by atoms with Crippen LogP contribution in [0, 0.1) is 0 Å². The smallest absolute Gasteiger partial charge is 0.323 e. The van der Waals surface area contributed by atoms with E-state index in [0.29, 0.717) is 10.7 Å². The number of hydrogen-bond donors (Lipinski definition) is 2. The Labute approximate surface area is 110 Å². The van der Waals surface area contributed by atoms with Gasteiger partial charge in [-0.1, -0.05) is 17.7 Å². The third-order valence-electron chi connectivity index (χ3n) is 2.54. The van der Waals surface area contributed by atoms with Crippen molar-refractivity contribution < 1.29 is 14.7 Å². The highest BCUT2D eigenvalue weighted by molar-refractivity contribution is 6.30. The molecule has 6 heteroatoms. The van der Waals surface area contributed by atoms with E-state index < -0.39 is 12.0 Å².